The molecule has 2 saturated heterocycles. The van der Waals surface area contributed by atoms with Crippen molar-refractivity contribution < 1.29 is 22.6 Å². The zero-order chi connectivity index (χ0) is 17.2. The maximum Gasteiger partial charge on any atom is 0.391 e. The number of hydrogen-bond donors (Lipinski definition) is 0. The largest absolute Gasteiger partial charge is 0.472 e. The Balaban J connectivity index is 1.40. The van der Waals surface area contributed by atoms with Crippen LogP contribution >= 0.6 is 11.7 Å². The van der Waals surface area contributed by atoms with Crippen LogP contribution in [-0.2, 0) is 4.74 Å². The molecule has 0 unspecified atom stereocenters. The molecule has 1 spiro atoms. The first-order valence-electron chi connectivity index (χ1n) is 7.96. The van der Waals surface area contributed by atoms with E-state index in [-0.39, 0.29) is 25.4 Å². The Kier molecular flexibility index (Phi) is 5.16. The third-order valence-corrected chi connectivity index (χ3v) is 5.16. The summed E-state index contributed by atoms with van der Waals surface area (Å²) in [7, 11) is 2.15. The van der Waals surface area contributed by atoms with Gasteiger partial charge in [-0.1, -0.05) is 0 Å². The first-order chi connectivity index (χ1) is 11.4. The lowest BCUT2D eigenvalue weighted by Gasteiger charge is -2.52. The standard InChI is InChI=1S/C14H21F3N4O2S/c1-20-5-2-3-13(20)9-21(10-13)11-12(19-24-18-11)23-8-7-22-6-4-14(15,16)17/h2-10H2,1H3. The second kappa shape index (κ2) is 7.01. The lowest BCUT2D eigenvalue weighted by molar-refractivity contribution is -0.145. The molecule has 1 aromatic heterocycles. The van der Waals surface area contributed by atoms with Gasteiger partial charge in [0.25, 0.3) is 5.88 Å². The predicted octanol–water partition coefficient (Wildman–Crippen LogP) is 2.17. The Bertz CT molecular complexity index is 548. The summed E-state index contributed by atoms with van der Waals surface area (Å²) in [5.74, 6) is 1.16. The maximum atomic E-state index is 12.0. The van der Waals surface area contributed by atoms with Crippen LogP contribution in [0.15, 0.2) is 0 Å². The van der Waals surface area contributed by atoms with Crippen LogP contribution in [0.5, 0.6) is 5.88 Å². The van der Waals surface area contributed by atoms with Crippen molar-refractivity contribution in [2.24, 2.45) is 0 Å². The number of ether oxygens (including phenoxy) is 2. The van der Waals surface area contributed by atoms with Crippen molar-refractivity contribution in [3.8, 4) is 5.88 Å². The second-order valence-electron chi connectivity index (χ2n) is 6.32. The highest BCUT2D eigenvalue weighted by atomic mass is 32.1. The summed E-state index contributed by atoms with van der Waals surface area (Å²) in [6.45, 7) is 2.85. The first kappa shape index (κ1) is 17.7. The molecular weight excluding hydrogens is 345 g/mol. The average Bonchev–Trinajstić information content (AvgIpc) is 3.06. The molecule has 3 rings (SSSR count). The molecule has 24 heavy (non-hydrogen) atoms. The van der Waals surface area contributed by atoms with E-state index in [1.807, 2.05) is 0 Å². The Labute approximate surface area is 142 Å². The number of aromatic nitrogens is 2. The number of halogens is 3. The lowest BCUT2D eigenvalue weighted by Crippen LogP contribution is -2.67. The number of rotatable bonds is 7. The molecule has 0 radical (unpaired) electrons. The summed E-state index contributed by atoms with van der Waals surface area (Å²) in [6, 6.07) is 0. The van der Waals surface area contributed by atoms with Gasteiger partial charge in [-0.2, -0.15) is 17.5 Å². The summed E-state index contributed by atoms with van der Waals surface area (Å²) in [5.41, 5.74) is 0.252. The molecule has 10 heteroatoms. The minimum atomic E-state index is -4.19. The Morgan fingerprint density at radius 2 is 2.00 bits per heavy atom. The van der Waals surface area contributed by atoms with Gasteiger partial charge in [0.15, 0.2) is 0 Å². The van der Waals surface area contributed by atoms with Crippen molar-refractivity contribution in [3.05, 3.63) is 0 Å². The van der Waals surface area contributed by atoms with Crippen molar-refractivity contribution in [2.45, 2.75) is 31.0 Å². The number of hydrogen-bond acceptors (Lipinski definition) is 7. The maximum absolute atomic E-state index is 12.0. The van der Waals surface area contributed by atoms with Crippen LogP contribution in [0.4, 0.5) is 19.0 Å². The molecule has 0 aliphatic carbocycles. The molecule has 2 aliphatic heterocycles. The summed E-state index contributed by atoms with van der Waals surface area (Å²) in [6.07, 6.45) is -2.72. The number of alkyl halides is 3. The fourth-order valence-electron chi connectivity index (χ4n) is 3.23. The van der Waals surface area contributed by atoms with Gasteiger partial charge in [0.1, 0.15) is 6.61 Å². The third-order valence-electron chi connectivity index (χ3n) is 4.65. The molecule has 136 valence electrons. The number of likely N-dealkylation sites (N-methyl/N-ethyl adjacent to an activating group) is 1. The molecule has 2 aliphatic rings. The van der Waals surface area contributed by atoms with E-state index in [0.717, 1.165) is 37.2 Å². The van der Waals surface area contributed by atoms with Crippen LogP contribution in [0.25, 0.3) is 0 Å². The normalized spacial score (nSPS) is 20.6. The zero-order valence-corrected chi connectivity index (χ0v) is 14.3. The monoisotopic (exact) mass is 366 g/mol. The lowest BCUT2D eigenvalue weighted by atomic mass is 9.87. The molecule has 6 nitrogen and oxygen atoms in total. The minimum Gasteiger partial charge on any atom is -0.472 e. The molecule has 0 N–H and O–H groups in total. The van der Waals surface area contributed by atoms with Gasteiger partial charge in [0.2, 0.25) is 5.82 Å². The quantitative estimate of drug-likeness (QED) is 0.690. The third kappa shape index (κ3) is 3.92. The second-order valence-corrected chi connectivity index (χ2v) is 6.85. The molecule has 0 aromatic carbocycles. The Morgan fingerprint density at radius 3 is 2.67 bits per heavy atom. The molecule has 3 heterocycles. The van der Waals surface area contributed by atoms with E-state index in [1.165, 1.54) is 12.8 Å². The molecule has 0 bridgehead atoms. The fraction of sp³-hybridized carbons (Fsp3) is 0.857. The van der Waals surface area contributed by atoms with Gasteiger partial charge in [0.05, 0.1) is 36.9 Å². The zero-order valence-electron chi connectivity index (χ0n) is 13.5. The molecular formula is C14H21F3N4O2S. The summed E-state index contributed by atoms with van der Waals surface area (Å²) >= 11 is 1.08. The molecule has 0 amide bonds. The SMILES string of the molecule is CN1CCCC12CN(c1nsnc1OCCOCCC(F)(F)F)C2. The smallest absolute Gasteiger partial charge is 0.391 e. The summed E-state index contributed by atoms with van der Waals surface area (Å²) in [4.78, 5) is 4.55. The highest BCUT2D eigenvalue weighted by Gasteiger charge is 2.49. The van der Waals surface area contributed by atoms with Crippen LogP contribution < -0.4 is 9.64 Å². The van der Waals surface area contributed by atoms with Gasteiger partial charge in [0, 0.05) is 13.1 Å². The van der Waals surface area contributed by atoms with Crippen molar-refractivity contribution in [3.63, 3.8) is 0 Å². The van der Waals surface area contributed by atoms with Crippen molar-refractivity contribution in [2.75, 3.05) is 51.4 Å². The fourth-order valence-corrected chi connectivity index (χ4v) is 3.75. The topological polar surface area (TPSA) is 50.7 Å². The van der Waals surface area contributed by atoms with E-state index in [2.05, 4.69) is 25.6 Å². The van der Waals surface area contributed by atoms with Crippen LogP contribution in [-0.4, -0.2) is 71.9 Å². The Hall–Kier alpha value is -1.13. The molecule has 0 saturated carbocycles. The predicted molar refractivity (Wildman–Crippen MR) is 83.7 cm³/mol. The highest BCUT2D eigenvalue weighted by Crippen LogP contribution is 2.40. The van der Waals surface area contributed by atoms with E-state index in [0.29, 0.717) is 5.88 Å². The van der Waals surface area contributed by atoms with Crippen molar-refractivity contribution >= 4 is 17.5 Å². The van der Waals surface area contributed by atoms with Gasteiger partial charge >= 0.3 is 6.18 Å². The summed E-state index contributed by atoms with van der Waals surface area (Å²) < 4.78 is 54.8. The van der Waals surface area contributed by atoms with Gasteiger partial charge in [-0.25, -0.2) is 0 Å². The highest BCUT2D eigenvalue weighted by molar-refractivity contribution is 6.99. The van der Waals surface area contributed by atoms with Gasteiger partial charge in [-0.3, -0.25) is 4.90 Å². The van der Waals surface area contributed by atoms with Gasteiger partial charge in [-0.15, -0.1) is 4.37 Å². The molecule has 2 fully saturated rings. The minimum absolute atomic E-state index is 0.0969. The number of nitrogens with zero attached hydrogens (tertiary/aromatic N) is 4. The summed E-state index contributed by atoms with van der Waals surface area (Å²) in [5, 5.41) is 0. The van der Waals surface area contributed by atoms with E-state index < -0.39 is 12.6 Å². The van der Waals surface area contributed by atoms with E-state index in [4.69, 9.17) is 9.47 Å². The van der Waals surface area contributed by atoms with Crippen LogP contribution in [0, 0.1) is 0 Å². The number of anilines is 1. The van der Waals surface area contributed by atoms with Crippen LogP contribution in [0.1, 0.15) is 19.3 Å². The van der Waals surface area contributed by atoms with Gasteiger partial charge < -0.3 is 14.4 Å². The van der Waals surface area contributed by atoms with Crippen molar-refractivity contribution in [1.82, 2.24) is 13.6 Å². The van der Waals surface area contributed by atoms with E-state index in [1.54, 1.807) is 0 Å². The van der Waals surface area contributed by atoms with Crippen LogP contribution in [0.3, 0.4) is 0 Å². The van der Waals surface area contributed by atoms with Gasteiger partial charge in [-0.05, 0) is 26.4 Å². The molecule has 0 atom stereocenters. The Morgan fingerprint density at radius 1 is 1.21 bits per heavy atom. The average molecular weight is 366 g/mol. The van der Waals surface area contributed by atoms with Crippen molar-refractivity contribution in [1.29, 1.82) is 0 Å². The first-order valence-corrected chi connectivity index (χ1v) is 8.69. The van der Waals surface area contributed by atoms with E-state index >= 15 is 0 Å². The van der Waals surface area contributed by atoms with Crippen LogP contribution in [0.2, 0.25) is 0 Å². The number of likely N-dealkylation sites (tertiary alicyclic amines) is 1. The molecule has 1 aromatic rings. The van der Waals surface area contributed by atoms with E-state index in [9.17, 15) is 13.2 Å².